The van der Waals surface area contributed by atoms with E-state index in [1.165, 1.54) is 32.0 Å². The molecule has 4 rings (SSSR count). The molecule has 168 valence electrons. The first-order valence-electron chi connectivity index (χ1n) is 11.6. The average Bonchev–Trinajstić information content (AvgIpc) is 3.14. The normalized spacial score (nSPS) is 12.7. The molecule has 4 aromatic rings. The quantitative estimate of drug-likeness (QED) is 0.283. The van der Waals surface area contributed by atoms with Gasteiger partial charge < -0.3 is 0 Å². The van der Waals surface area contributed by atoms with E-state index in [1.807, 2.05) is 24.5 Å². The Morgan fingerprint density at radius 1 is 1.00 bits per heavy atom. The van der Waals surface area contributed by atoms with Gasteiger partial charge in [0.05, 0.1) is 5.69 Å². The number of allylic oxidation sites excluding steroid dienone is 1. The number of terminal acetylenes is 1. The summed E-state index contributed by atoms with van der Waals surface area (Å²) < 4.78 is 1.34. The Balaban J connectivity index is 1.97. The van der Waals surface area contributed by atoms with Gasteiger partial charge in [0.25, 0.3) is 0 Å². The van der Waals surface area contributed by atoms with Crippen LogP contribution in [0.5, 0.6) is 0 Å². The zero-order valence-electron chi connectivity index (χ0n) is 20.8. The Kier molecular flexibility index (Phi) is 5.97. The number of benzene rings is 2. The standard InChI is InChI=1S/C31H33NS/c1-9-11-23-20(10-2)16-21(17-27(23)31(6,7)8)28-25-13-12-24-22(18-30(3,4)5)19-33-29(24)26(25)14-15-32-28/h2,9,11-17,19H,18H2,1,3-8H3/b11-9-. The summed E-state index contributed by atoms with van der Waals surface area (Å²) in [6.07, 6.45) is 13.2. The monoisotopic (exact) mass is 451 g/mol. The second-order valence-electron chi connectivity index (χ2n) is 11.1. The molecular formula is C31H33NS. The summed E-state index contributed by atoms with van der Waals surface area (Å²) in [5, 5.41) is 6.13. The van der Waals surface area contributed by atoms with Crippen molar-refractivity contribution in [3.8, 4) is 23.6 Å². The van der Waals surface area contributed by atoms with Gasteiger partial charge >= 0.3 is 0 Å². The molecule has 0 aliphatic carbocycles. The molecule has 33 heavy (non-hydrogen) atoms. The predicted molar refractivity (Wildman–Crippen MR) is 147 cm³/mol. The van der Waals surface area contributed by atoms with Gasteiger partial charge in [0.2, 0.25) is 0 Å². The van der Waals surface area contributed by atoms with E-state index in [2.05, 4.69) is 95.3 Å². The molecule has 0 amide bonds. The van der Waals surface area contributed by atoms with Crippen molar-refractivity contribution in [3.63, 3.8) is 0 Å². The Morgan fingerprint density at radius 3 is 2.36 bits per heavy atom. The summed E-state index contributed by atoms with van der Waals surface area (Å²) in [6.45, 7) is 15.6. The SMILES string of the molecule is C#Cc1cc(-c2nccc3c2ccc2c(CC(C)(C)C)csc23)cc(C(C)(C)C)c1/C=C\C. The van der Waals surface area contributed by atoms with Crippen molar-refractivity contribution in [2.45, 2.75) is 60.3 Å². The Morgan fingerprint density at radius 2 is 1.73 bits per heavy atom. The Labute approximate surface area is 202 Å². The van der Waals surface area contributed by atoms with E-state index in [-0.39, 0.29) is 10.8 Å². The lowest BCUT2D eigenvalue weighted by Crippen LogP contribution is -2.14. The van der Waals surface area contributed by atoms with Crippen LogP contribution in [0, 0.1) is 17.8 Å². The molecule has 0 N–H and O–H groups in total. The summed E-state index contributed by atoms with van der Waals surface area (Å²) >= 11 is 1.84. The molecule has 2 aromatic heterocycles. The minimum absolute atomic E-state index is 0.0378. The van der Waals surface area contributed by atoms with E-state index < -0.39 is 0 Å². The Hall–Kier alpha value is -2.89. The average molecular weight is 452 g/mol. The third-order valence-electron chi connectivity index (χ3n) is 6.03. The van der Waals surface area contributed by atoms with Crippen LogP contribution in [0.25, 0.3) is 38.2 Å². The number of hydrogen-bond acceptors (Lipinski definition) is 2. The van der Waals surface area contributed by atoms with Crippen LogP contribution in [0.4, 0.5) is 0 Å². The van der Waals surface area contributed by atoms with Crippen LogP contribution >= 0.6 is 11.3 Å². The topological polar surface area (TPSA) is 12.9 Å². The van der Waals surface area contributed by atoms with Crippen molar-refractivity contribution < 1.29 is 0 Å². The van der Waals surface area contributed by atoms with Crippen molar-refractivity contribution in [2.75, 3.05) is 0 Å². The van der Waals surface area contributed by atoms with Gasteiger partial charge in [-0.15, -0.1) is 17.8 Å². The number of fused-ring (bicyclic) bond motifs is 3. The van der Waals surface area contributed by atoms with Crippen LogP contribution in [-0.2, 0) is 11.8 Å². The van der Waals surface area contributed by atoms with Crippen LogP contribution < -0.4 is 0 Å². The number of pyridine rings is 1. The molecule has 0 radical (unpaired) electrons. The highest BCUT2D eigenvalue weighted by Crippen LogP contribution is 2.40. The van der Waals surface area contributed by atoms with Gasteiger partial charge in [0, 0.05) is 32.8 Å². The molecular weight excluding hydrogens is 418 g/mol. The predicted octanol–water partition coefficient (Wildman–Crippen LogP) is 9.02. The largest absolute Gasteiger partial charge is 0.256 e. The van der Waals surface area contributed by atoms with Crippen molar-refractivity contribution >= 4 is 38.3 Å². The van der Waals surface area contributed by atoms with E-state index in [1.54, 1.807) is 0 Å². The zero-order valence-corrected chi connectivity index (χ0v) is 21.7. The molecule has 0 aliphatic rings. The minimum Gasteiger partial charge on any atom is -0.256 e. The number of hydrogen-bond donors (Lipinski definition) is 0. The first kappa shape index (κ1) is 23.3. The number of aromatic nitrogens is 1. The van der Waals surface area contributed by atoms with E-state index >= 15 is 0 Å². The summed E-state index contributed by atoms with van der Waals surface area (Å²) in [7, 11) is 0. The zero-order chi connectivity index (χ0) is 24.0. The first-order valence-corrected chi connectivity index (χ1v) is 12.5. The van der Waals surface area contributed by atoms with Crippen LogP contribution in [-0.4, -0.2) is 4.98 Å². The highest BCUT2D eigenvalue weighted by atomic mass is 32.1. The van der Waals surface area contributed by atoms with Gasteiger partial charge in [0.15, 0.2) is 0 Å². The molecule has 0 atom stereocenters. The maximum atomic E-state index is 5.98. The molecule has 0 saturated carbocycles. The van der Waals surface area contributed by atoms with Crippen molar-refractivity contribution in [1.82, 2.24) is 4.98 Å². The van der Waals surface area contributed by atoms with E-state index in [9.17, 15) is 0 Å². The first-order chi connectivity index (χ1) is 15.5. The molecule has 0 bridgehead atoms. The number of rotatable bonds is 3. The molecule has 0 unspecified atom stereocenters. The molecule has 0 aliphatic heterocycles. The van der Waals surface area contributed by atoms with Crippen LogP contribution in [0.15, 0.2) is 48.0 Å². The second kappa shape index (κ2) is 8.47. The second-order valence-corrected chi connectivity index (χ2v) is 12.0. The van der Waals surface area contributed by atoms with Crippen LogP contribution in [0.1, 0.15) is 70.7 Å². The van der Waals surface area contributed by atoms with Gasteiger partial charge in [-0.2, -0.15) is 0 Å². The number of thiophene rings is 1. The number of nitrogens with zero attached hydrogens (tertiary/aromatic N) is 1. The Bertz CT molecular complexity index is 1410. The molecule has 2 heterocycles. The molecule has 2 heteroatoms. The van der Waals surface area contributed by atoms with Gasteiger partial charge in [-0.1, -0.05) is 71.7 Å². The summed E-state index contributed by atoms with van der Waals surface area (Å²) in [5.41, 5.74) is 7.02. The van der Waals surface area contributed by atoms with Crippen molar-refractivity contribution in [1.29, 1.82) is 0 Å². The van der Waals surface area contributed by atoms with E-state index in [0.29, 0.717) is 0 Å². The van der Waals surface area contributed by atoms with Crippen LogP contribution in [0.2, 0.25) is 0 Å². The van der Waals surface area contributed by atoms with Gasteiger partial charge in [0.1, 0.15) is 0 Å². The minimum atomic E-state index is -0.0378. The molecule has 0 fully saturated rings. The molecule has 0 saturated heterocycles. The highest BCUT2D eigenvalue weighted by molar-refractivity contribution is 7.18. The third-order valence-corrected chi connectivity index (χ3v) is 7.11. The fraction of sp³-hybridized carbons (Fsp3) is 0.323. The van der Waals surface area contributed by atoms with Gasteiger partial charge in [-0.25, -0.2) is 0 Å². The summed E-state index contributed by atoms with van der Waals surface area (Å²) in [4.78, 5) is 4.84. The maximum absolute atomic E-state index is 5.98. The lowest BCUT2D eigenvalue weighted by atomic mass is 9.80. The fourth-order valence-electron chi connectivity index (χ4n) is 4.62. The highest BCUT2D eigenvalue weighted by Gasteiger charge is 2.22. The van der Waals surface area contributed by atoms with E-state index in [4.69, 9.17) is 11.4 Å². The maximum Gasteiger partial charge on any atom is 0.0781 e. The molecule has 0 spiro atoms. The molecule has 2 aromatic carbocycles. The van der Waals surface area contributed by atoms with E-state index in [0.717, 1.165) is 28.8 Å². The summed E-state index contributed by atoms with van der Waals surface area (Å²) in [6, 6.07) is 11.1. The van der Waals surface area contributed by atoms with Crippen molar-refractivity contribution in [3.05, 3.63) is 70.2 Å². The van der Waals surface area contributed by atoms with Crippen LogP contribution in [0.3, 0.4) is 0 Å². The summed E-state index contributed by atoms with van der Waals surface area (Å²) in [5.74, 6) is 2.93. The third kappa shape index (κ3) is 4.48. The molecule has 1 nitrogen and oxygen atoms in total. The smallest absolute Gasteiger partial charge is 0.0781 e. The lowest BCUT2D eigenvalue weighted by Gasteiger charge is -2.24. The lowest BCUT2D eigenvalue weighted by molar-refractivity contribution is 0.413. The fourth-order valence-corrected chi connectivity index (χ4v) is 5.72. The van der Waals surface area contributed by atoms with Gasteiger partial charge in [-0.05, 0) is 69.8 Å². The van der Waals surface area contributed by atoms with Gasteiger partial charge in [-0.3, -0.25) is 4.98 Å². The van der Waals surface area contributed by atoms with Crippen molar-refractivity contribution in [2.24, 2.45) is 5.41 Å².